The lowest BCUT2D eigenvalue weighted by Gasteiger charge is -2.34. The number of rotatable bonds is 12. The first-order chi connectivity index (χ1) is 22.9. The van der Waals surface area contributed by atoms with Gasteiger partial charge in [0, 0.05) is 105 Å². The largest absolute Gasteiger partial charge is 0.461 e. The molecule has 0 atom stereocenters. The van der Waals surface area contributed by atoms with Crippen LogP contribution in [0.3, 0.4) is 0 Å². The van der Waals surface area contributed by atoms with E-state index in [1.807, 2.05) is 0 Å². The van der Waals surface area contributed by atoms with Crippen molar-refractivity contribution in [2.45, 2.75) is 0 Å². The van der Waals surface area contributed by atoms with Crippen molar-refractivity contribution in [2.24, 2.45) is 0 Å². The average molecular weight is 657 g/mol. The van der Waals surface area contributed by atoms with Gasteiger partial charge in [-0.05, 0) is 28.2 Å². The second-order valence-corrected chi connectivity index (χ2v) is 12.9. The molecule has 2 aromatic rings. The van der Waals surface area contributed by atoms with E-state index in [-0.39, 0.29) is 0 Å². The van der Waals surface area contributed by atoms with Gasteiger partial charge in [0.15, 0.2) is 0 Å². The molecule has 4 saturated heterocycles. The topological polar surface area (TPSA) is 131 Å². The smallest absolute Gasteiger partial charge is 0.323 e. The lowest BCUT2D eigenvalue weighted by atomic mass is 10.3. The van der Waals surface area contributed by atoms with Crippen LogP contribution in [-0.4, -0.2) is 209 Å². The number of piperazine rings is 4. The molecule has 0 amide bonds. The van der Waals surface area contributed by atoms with Gasteiger partial charge in [-0.2, -0.15) is 29.9 Å². The highest BCUT2D eigenvalue weighted by molar-refractivity contribution is 5.42. The highest BCUT2D eigenvalue weighted by atomic mass is 16.6. The third-order valence-electron chi connectivity index (χ3n) is 9.24. The Morgan fingerprint density at radius 1 is 0.362 bits per heavy atom. The summed E-state index contributed by atoms with van der Waals surface area (Å²) in [4.78, 5) is 46.5. The zero-order chi connectivity index (χ0) is 32.6. The van der Waals surface area contributed by atoms with Crippen LogP contribution < -0.4 is 29.1 Å². The van der Waals surface area contributed by atoms with Gasteiger partial charge in [0.05, 0.1) is 13.2 Å². The number of nitrogens with zero attached hydrogens (tertiary/aromatic N) is 14. The van der Waals surface area contributed by atoms with Crippen molar-refractivity contribution in [3.8, 4) is 12.0 Å². The van der Waals surface area contributed by atoms with Crippen LogP contribution in [0.4, 0.5) is 23.8 Å². The molecule has 6 rings (SSSR count). The van der Waals surface area contributed by atoms with Gasteiger partial charge in [-0.3, -0.25) is 0 Å². The standard InChI is InChI=1S/C30H52N14O3/c1-37-5-13-41(14-6-37)25-31-26(42-15-7-38(2)8-16-42)34-29(33-25)46-23-21-45-22-24-47-30-35-27(43-17-9-39(3)10-18-43)32-28(36-30)44-19-11-40(4)12-20-44/h5-24H2,1-4H3. The van der Waals surface area contributed by atoms with Crippen molar-refractivity contribution >= 4 is 23.8 Å². The fourth-order valence-electron chi connectivity index (χ4n) is 5.88. The predicted octanol–water partition coefficient (Wildman–Crippen LogP) is -1.46. The van der Waals surface area contributed by atoms with E-state index in [9.17, 15) is 0 Å². The van der Waals surface area contributed by atoms with E-state index in [1.165, 1.54) is 0 Å². The van der Waals surface area contributed by atoms with Crippen molar-refractivity contribution in [1.29, 1.82) is 0 Å². The second-order valence-electron chi connectivity index (χ2n) is 12.9. The molecule has 0 unspecified atom stereocenters. The molecule has 0 saturated carbocycles. The van der Waals surface area contributed by atoms with Crippen molar-refractivity contribution in [1.82, 2.24) is 49.5 Å². The number of aromatic nitrogens is 6. The van der Waals surface area contributed by atoms with Gasteiger partial charge in [0.1, 0.15) is 13.2 Å². The zero-order valence-electron chi connectivity index (χ0n) is 28.6. The Balaban J connectivity index is 1.01. The lowest BCUT2D eigenvalue weighted by Crippen LogP contribution is -2.46. The summed E-state index contributed by atoms with van der Waals surface area (Å²) in [5.74, 6) is 2.71. The van der Waals surface area contributed by atoms with Gasteiger partial charge in [-0.1, -0.05) is 0 Å². The molecule has 6 heterocycles. The Hall–Kier alpha value is -3.38. The summed E-state index contributed by atoms with van der Waals surface area (Å²) >= 11 is 0. The summed E-state index contributed by atoms with van der Waals surface area (Å²) in [5, 5.41) is 0. The molecule has 2 aromatic heterocycles. The summed E-state index contributed by atoms with van der Waals surface area (Å²) in [7, 11) is 8.56. The molecule has 0 bridgehead atoms. The van der Waals surface area contributed by atoms with Gasteiger partial charge in [-0.15, -0.1) is 0 Å². The Morgan fingerprint density at radius 2 is 0.617 bits per heavy atom. The van der Waals surface area contributed by atoms with Crippen molar-refractivity contribution in [3.05, 3.63) is 0 Å². The minimum Gasteiger partial charge on any atom is -0.461 e. The lowest BCUT2D eigenvalue weighted by molar-refractivity contribution is 0.0717. The fourth-order valence-corrected chi connectivity index (χ4v) is 5.88. The van der Waals surface area contributed by atoms with Gasteiger partial charge < -0.3 is 53.4 Å². The third kappa shape index (κ3) is 9.37. The Labute approximate surface area is 278 Å². The van der Waals surface area contributed by atoms with Gasteiger partial charge >= 0.3 is 12.0 Å². The minimum atomic E-state index is 0.321. The van der Waals surface area contributed by atoms with E-state index < -0.39 is 0 Å². The molecular weight excluding hydrogens is 604 g/mol. The molecule has 0 aliphatic carbocycles. The molecule has 0 spiro atoms. The third-order valence-corrected chi connectivity index (χ3v) is 9.24. The van der Waals surface area contributed by atoms with Crippen molar-refractivity contribution in [2.75, 3.05) is 179 Å². The molecule has 0 N–H and O–H groups in total. The van der Waals surface area contributed by atoms with Crippen LogP contribution in [0.1, 0.15) is 0 Å². The van der Waals surface area contributed by atoms with Crippen LogP contribution in [-0.2, 0) is 4.74 Å². The maximum Gasteiger partial charge on any atom is 0.323 e. The highest BCUT2D eigenvalue weighted by Crippen LogP contribution is 2.22. The highest BCUT2D eigenvalue weighted by Gasteiger charge is 2.25. The molecule has 47 heavy (non-hydrogen) atoms. The van der Waals surface area contributed by atoms with E-state index in [0.29, 0.717) is 62.2 Å². The maximum atomic E-state index is 6.00. The summed E-state index contributed by atoms with van der Waals surface area (Å²) in [6.07, 6.45) is 0. The number of hydrogen-bond acceptors (Lipinski definition) is 17. The van der Waals surface area contributed by atoms with Gasteiger partial charge in [-0.25, -0.2) is 0 Å². The maximum absolute atomic E-state index is 6.00. The van der Waals surface area contributed by atoms with Crippen molar-refractivity contribution < 1.29 is 14.2 Å². The molecule has 0 aromatic carbocycles. The van der Waals surface area contributed by atoms with E-state index >= 15 is 0 Å². The van der Waals surface area contributed by atoms with E-state index in [2.05, 4.69) is 87.3 Å². The molecule has 17 heteroatoms. The average Bonchev–Trinajstić information content (AvgIpc) is 3.09. The molecule has 4 aliphatic heterocycles. The zero-order valence-corrected chi connectivity index (χ0v) is 28.6. The van der Waals surface area contributed by atoms with Crippen LogP contribution in [0.25, 0.3) is 0 Å². The van der Waals surface area contributed by atoms with E-state index in [4.69, 9.17) is 24.2 Å². The molecule has 0 radical (unpaired) electrons. The van der Waals surface area contributed by atoms with Crippen LogP contribution in [0.5, 0.6) is 12.0 Å². The predicted molar refractivity (Wildman–Crippen MR) is 180 cm³/mol. The summed E-state index contributed by atoms with van der Waals surface area (Å²) in [5.41, 5.74) is 0. The van der Waals surface area contributed by atoms with Crippen molar-refractivity contribution in [3.63, 3.8) is 0 Å². The van der Waals surface area contributed by atoms with Crippen LogP contribution in [0, 0.1) is 0 Å². The first-order valence-electron chi connectivity index (χ1n) is 17.0. The second kappa shape index (κ2) is 16.1. The van der Waals surface area contributed by atoms with Gasteiger partial charge in [0.25, 0.3) is 0 Å². The number of likely N-dealkylation sites (N-methyl/N-ethyl adjacent to an activating group) is 4. The normalized spacial score (nSPS) is 21.0. The molecule has 4 fully saturated rings. The Morgan fingerprint density at radius 3 is 0.872 bits per heavy atom. The first-order valence-corrected chi connectivity index (χ1v) is 17.0. The van der Waals surface area contributed by atoms with E-state index in [1.54, 1.807) is 0 Å². The van der Waals surface area contributed by atoms with Crippen LogP contribution >= 0.6 is 0 Å². The molecule has 17 nitrogen and oxygen atoms in total. The Bertz CT molecular complexity index is 1080. The summed E-state index contributed by atoms with van der Waals surface area (Å²) in [6, 6.07) is 0.668. The van der Waals surface area contributed by atoms with E-state index in [0.717, 1.165) is 105 Å². The Kier molecular flexibility index (Phi) is 11.5. The van der Waals surface area contributed by atoms with Gasteiger partial charge in [0.2, 0.25) is 23.8 Å². The summed E-state index contributed by atoms with van der Waals surface area (Å²) in [6.45, 7) is 16.2. The number of hydrogen-bond donors (Lipinski definition) is 0. The fraction of sp³-hybridized carbons (Fsp3) is 0.800. The van der Waals surface area contributed by atoms with Crippen LogP contribution in [0.2, 0.25) is 0 Å². The number of ether oxygens (including phenoxy) is 3. The van der Waals surface area contributed by atoms with Crippen LogP contribution in [0.15, 0.2) is 0 Å². The molecule has 4 aliphatic rings. The first kappa shape index (κ1) is 33.5. The summed E-state index contributed by atoms with van der Waals surface area (Å²) < 4.78 is 17.9. The quantitative estimate of drug-likeness (QED) is 0.246. The molecular formula is C30H52N14O3. The molecule has 260 valence electrons. The monoisotopic (exact) mass is 656 g/mol. The SMILES string of the molecule is CN1CCN(c2nc(OCCOCCOc3nc(N4CCN(C)CC4)nc(N4CCN(C)CC4)n3)nc(N3CCN(C)CC3)n2)CC1. The number of anilines is 4. The minimum absolute atomic E-state index is 0.321.